The summed E-state index contributed by atoms with van der Waals surface area (Å²) in [6.45, 7) is 0.405. The number of nitrogens with two attached hydrogens (primary N) is 1. The van der Waals surface area contributed by atoms with Crippen LogP contribution in [-0.4, -0.2) is 32.4 Å². The molecule has 0 bridgehead atoms. The highest BCUT2D eigenvalue weighted by Gasteiger charge is 2.23. The lowest BCUT2D eigenvalue weighted by Crippen LogP contribution is -2.44. The smallest absolute Gasteiger partial charge is 0.387 e. The predicted octanol–water partition coefficient (Wildman–Crippen LogP) is 2.23. The molecule has 4 nitrogen and oxygen atoms in total. The second-order valence-electron chi connectivity index (χ2n) is 4.34. The van der Waals surface area contributed by atoms with E-state index in [4.69, 9.17) is 10.5 Å². The van der Waals surface area contributed by atoms with Gasteiger partial charge in [-0.15, -0.1) is 0 Å². The van der Waals surface area contributed by atoms with Crippen LogP contribution in [0, 0.1) is 5.82 Å². The highest BCUT2D eigenvalue weighted by molar-refractivity contribution is 5.70. The van der Waals surface area contributed by atoms with Crippen LogP contribution < -0.4 is 15.4 Å². The van der Waals surface area contributed by atoms with Crippen LogP contribution in [0.2, 0.25) is 0 Å². The van der Waals surface area contributed by atoms with Crippen LogP contribution in [0.25, 0.3) is 0 Å². The molecule has 7 heteroatoms. The molecule has 106 valence electrons. The van der Waals surface area contributed by atoms with E-state index in [1.807, 2.05) is 11.8 Å². The zero-order valence-corrected chi connectivity index (χ0v) is 10.4. The second-order valence-corrected chi connectivity index (χ2v) is 4.34. The lowest BCUT2D eigenvalue weighted by molar-refractivity contribution is -0.0521. The molecule has 2 N–H and O–H groups in total. The van der Waals surface area contributed by atoms with Gasteiger partial charge in [0.15, 0.2) is 11.6 Å². The van der Waals surface area contributed by atoms with Crippen molar-refractivity contribution in [2.24, 2.45) is 0 Å². The van der Waals surface area contributed by atoms with E-state index in [0.29, 0.717) is 25.4 Å². The van der Waals surface area contributed by atoms with Crippen LogP contribution in [0.4, 0.5) is 24.5 Å². The topological polar surface area (TPSA) is 47.7 Å². The standard InChI is InChI=1S/C12H15F3N2O2/c1-7-6-18-3-2-17(7)10-5-11(19-12(14)15)8(13)4-9(10)16/h4-5,7,12H,2-3,6,16H2,1H3. The zero-order valence-electron chi connectivity index (χ0n) is 10.4. The van der Waals surface area contributed by atoms with E-state index in [2.05, 4.69) is 4.74 Å². The highest BCUT2D eigenvalue weighted by Crippen LogP contribution is 2.33. The molecule has 1 aromatic carbocycles. The molecule has 19 heavy (non-hydrogen) atoms. The Morgan fingerprint density at radius 3 is 2.84 bits per heavy atom. The number of hydrogen-bond acceptors (Lipinski definition) is 4. The predicted molar refractivity (Wildman–Crippen MR) is 65.1 cm³/mol. The van der Waals surface area contributed by atoms with Gasteiger partial charge < -0.3 is 20.1 Å². The van der Waals surface area contributed by atoms with Gasteiger partial charge in [0.25, 0.3) is 0 Å². The van der Waals surface area contributed by atoms with Crippen molar-refractivity contribution in [1.29, 1.82) is 0 Å². The minimum absolute atomic E-state index is 0.0286. The molecule has 1 fully saturated rings. The van der Waals surface area contributed by atoms with Gasteiger partial charge in [0, 0.05) is 24.7 Å². The molecule has 0 saturated carbocycles. The van der Waals surface area contributed by atoms with Crippen LogP contribution in [0.5, 0.6) is 5.75 Å². The Kier molecular flexibility index (Phi) is 4.04. The Balaban J connectivity index is 2.33. The van der Waals surface area contributed by atoms with Gasteiger partial charge in [-0.3, -0.25) is 0 Å². The van der Waals surface area contributed by atoms with E-state index in [1.165, 1.54) is 6.07 Å². The maximum atomic E-state index is 13.5. The van der Waals surface area contributed by atoms with E-state index in [9.17, 15) is 13.2 Å². The van der Waals surface area contributed by atoms with Gasteiger partial charge in [-0.25, -0.2) is 4.39 Å². The van der Waals surface area contributed by atoms with Crippen molar-refractivity contribution in [1.82, 2.24) is 0 Å². The van der Waals surface area contributed by atoms with Gasteiger partial charge in [-0.05, 0) is 6.92 Å². The van der Waals surface area contributed by atoms with Crippen LogP contribution in [-0.2, 0) is 4.74 Å². The second kappa shape index (κ2) is 5.56. The van der Waals surface area contributed by atoms with Gasteiger partial charge >= 0.3 is 6.61 Å². The van der Waals surface area contributed by atoms with Crippen LogP contribution in [0.3, 0.4) is 0 Å². The number of ether oxygens (including phenoxy) is 2. The number of alkyl halides is 2. The Morgan fingerprint density at radius 1 is 1.47 bits per heavy atom. The average Bonchev–Trinajstić information content (AvgIpc) is 2.33. The van der Waals surface area contributed by atoms with Crippen molar-refractivity contribution in [2.45, 2.75) is 19.6 Å². The molecule has 1 atom stereocenters. The molecular formula is C12H15F3N2O2. The van der Waals surface area contributed by atoms with E-state index in [-0.39, 0.29) is 11.7 Å². The Bertz CT molecular complexity index is 457. The number of anilines is 2. The third-order valence-corrected chi connectivity index (χ3v) is 2.97. The normalized spacial score (nSPS) is 19.8. The number of halogens is 3. The van der Waals surface area contributed by atoms with Gasteiger partial charge in [0.2, 0.25) is 0 Å². The number of nitrogen functional groups attached to an aromatic ring is 1. The van der Waals surface area contributed by atoms with Crippen LogP contribution >= 0.6 is 0 Å². The molecule has 0 aliphatic carbocycles. The minimum Gasteiger partial charge on any atom is -0.432 e. The summed E-state index contributed by atoms with van der Waals surface area (Å²) in [5.74, 6) is -1.40. The summed E-state index contributed by atoms with van der Waals surface area (Å²) in [4.78, 5) is 1.89. The van der Waals surface area contributed by atoms with Crippen molar-refractivity contribution < 1.29 is 22.6 Å². The molecule has 0 radical (unpaired) electrons. The number of benzene rings is 1. The number of rotatable bonds is 3. The summed E-state index contributed by atoms with van der Waals surface area (Å²) < 4.78 is 47.3. The fraction of sp³-hybridized carbons (Fsp3) is 0.500. The maximum absolute atomic E-state index is 13.5. The summed E-state index contributed by atoms with van der Waals surface area (Å²) in [5, 5.41) is 0. The molecule has 0 spiro atoms. The monoisotopic (exact) mass is 276 g/mol. The number of morpholine rings is 1. The SMILES string of the molecule is CC1COCCN1c1cc(OC(F)F)c(F)cc1N. The number of nitrogens with zero attached hydrogens (tertiary/aromatic N) is 1. The fourth-order valence-corrected chi connectivity index (χ4v) is 2.08. The third-order valence-electron chi connectivity index (χ3n) is 2.97. The quantitative estimate of drug-likeness (QED) is 0.860. The highest BCUT2D eigenvalue weighted by atomic mass is 19.3. The van der Waals surface area contributed by atoms with E-state index >= 15 is 0 Å². The van der Waals surface area contributed by atoms with E-state index in [1.54, 1.807) is 0 Å². The summed E-state index contributed by atoms with van der Waals surface area (Å²) in [7, 11) is 0. The zero-order chi connectivity index (χ0) is 14.0. The van der Waals surface area contributed by atoms with Crippen molar-refractivity contribution in [3.8, 4) is 5.75 Å². The fourth-order valence-electron chi connectivity index (χ4n) is 2.08. The Hall–Kier alpha value is -1.63. The molecule has 0 amide bonds. The summed E-state index contributed by atoms with van der Waals surface area (Å²) >= 11 is 0. The lowest BCUT2D eigenvalue weighted by atomic mass is 10.1. The molecule has 1 aliphatic heterocycles. The first-order chi connectivity index (χ1) is 8.99. The molecule has 1 aromatic rings. The summed E-state index contributed by atoms with van der Waals surface area (Å²) in [6.07, 6.45) is 0. The van der Waals surface area contributed by atoms with Gasteiger partial charge in [0.1, 0.15) is 0 Å². The summed E-state index contributed by atoms with van der Waals surface area (Å²) in [5.41, 5.74) is 6.42. The summed E-state index contributed by atoms with van der Waals surface area (Å²) in [6, 6.07) is 2.23. The van der Waals surface area contributed by atoms with Crippen molar-refractivity contribution >= 4 is 11.4 Å². The van der Waals surface area contributed by atoms with Gasteiger partial charge in [-0.2, -0.15) is 8.78 Å². The largest absolute Gasteiger partial charge is 0.432 e. The van der Waals surface area contributed by atoms with Crippen molar-refractivity contribution in [3.05, 3.63) is 17.9 Å². The van der Waals surface area contributed by atoms with Crippen molar-refractivity contribution in [3.63, 3.8) is 0 Å². The average molecular weight is 276 g/mol. The molecule has 1 heterocycles. The Morgan fingerprint density at radius 2 is 2.21 bits per heavy atom. The molecule has 1 unspecified atom stereocenters. The lowest BCUT2D eigenvalue weighted by Gasteiger charge is -2.36. The third kappa shape index (κ3) is 3.04. The van der Waals surface area contributed by atoms with Gasteiger partial charge in [-0.1, -0.05) is 0 Å². The van der Waals surface area contributed by atoms with Crippen LogP contribution in [0.1, 0.15) is 6.92 Å². The van der Waals surface area contributed by atoms with E-state index < -0.39 is 18.2 Å². The molecule has 1 aliphatic rings. The van der Waals surface area contributed by atoms with E-state index in [0.717, 1.165) is 6.07 Å². The van der Waals surface area contributed by atoms with Gasteiger partial charge in [0.05, 0.1) is 24.6 Å². The molecule has 1 saturated heterocycles. The first-order valence-corrected chi connectivity index (χ1v) is 5.87. The maximum Gasteiger partial charge on any atom is 0.387 e. The van der Waals surface area contributed by atoms with Crippen molar-refractivity contribution in [2.75, 3.05) is 30.4 Å². The first kappa shape index (κ1) is 13.8. The Labute approximate surface area is 108 Å². The number of hydrogen-bond donors (Lipinski definition) is 1. The van der Waals surface area contributed by atoms with Crippen LogP contribution in [0.15, 0.2) is 12.1 Å². The first-order valence-electron chi connectivity index (χ1n) is 5.87. The molecular weight excluding hydrogens is 261 g/mol. The minimum atomic E-state index is -3.08. The molecule has 2 rings (SSSR count). The molecule has 0 aromatic heterocycles.